The number of carbonyl (C=O) groups excluding carboxylic acids is 1. The van der Waals surface area contributed by atoms with Gasteiger partial charge in [-0.2, -0.15) is 0 Å². The molecule has 4 heteroatoms. The Morgan fingerprint density at radius 3 is 2.72 bits per heavy atom. The van der Waals surface area contributed by atoms with E-state index in [1.165, 1.54) is 5.56 Å². The molecule has 0 aliphatic rings. The topological polar surface area (TPSA) is 41.1 Å². The van der Waals surface area contributed by atoms with Crippen LogP contribution in [-0.2, 0) is 11.2 Å². The van der Waals surface area contributed by atoms with E-state index >= 15 is 0 Å². The summed E-state index contributed by atoms with van der Waals surface area (Å²) in [5.41, 5.74) is 1.22. The first-order chi connectivity index (χ1) is 8.52. The zero-order valence-corrected chi connectivity index (χ0v) is 12.8. The van der Waals surface area contributed by atoms with Gasteiger partial charge in [0.1, 0.15) is 0 Å². The lowest BCUT2D eigenvalue weighted by Crippen LogP contribution is -2.40. The molecule has 0 heterocycles. The minimum Gasteiger partial charge on any atom is -0.353 e. The van der Waals surface area contributed by atoms with Gasteiger partial charge in [-0.05, 0) is 38.1 Å². The van der Waals surface area contributed by atoms with Crippen molar-refractivity contribution >= 4 is 21.8 Å². The van der Waals surface area contributed by atoms with Crippen molar-refractivity contribution in [1.82, 2.24) is 10.6 Å². The number of rotatable bonds is 6. The highest BCUT2D eigenvalue weighted by Crippen LogP contribution is 2.13. The fraction of sp³-hybridized carbons (Fsp3) is 0.500. The summed E-state index contributed by atoms with van der Waals surface area (Å²) in [7, 11) is 1.86. The van der Waals surface area contributed by atoms with Crippen LogP contribution in [-0.4, -0.2) is 25.5 Å². The Morgan fingerprint density at radius 1 is 1.39 bits per heavy atom. The van der Waals surface area contributed by atoms with E-state index in [9.17, 15) is 4.79 Å². The fourth-order valence-electron chi connectivity index (χ4n) is 1.85. The van der Waals surface area contributed by atoms with Gasteiger partial charge in [0.15, 0.2) is 0 Å². The van der Waals surface area contributed by atoms with E-state index in [0.717, 1.165) is 10.9 Å². The van der Waals surface area contributed by atoms with E-state index in [1.807, 2.05) is 33.0 Å². The summed E-state index contributed by atoms with van der Waals surface area (Å²) in [6, 6.07) is 8.31. The molecule has 2 atom stereocenters. The molecule has 0 saturated heterocycles. The predicted molar refractivity (Wildman–Crippen MR) is 78.5 cm³/mol. The van der Waals surface area contributed by atoms with Gasteiger partial charge in [0.05, 0.1) is 0 Å². The van der Waals surface area contributed by atoms with Gasteiger partial charge in [-0.25, -0.2) is 0 Å². The average Bonchev–Trinajstić information content (AvgIpc) is 2.28. The van der Waals surface area contributed by atoms with Crippen LogP contribution < -0.4 is 10.6 Å². The molecular formula is C14H21BrN2O. The van der Waals surface area contributed by atoms with E-state index in [-0.39, 0.29) is 17.9 Å². The zero-order chi connectivity index (χ0) is 13.5. The molecule has 1 rings (SSSR count). The van der Waals surface area contributed by atoms with Crippen molar-refractivity contribution in [2.24, 2.45) is 5.92 Å². The molecule has 0 spiro atoms. The summed E-state index contributed by atoms with van der Waals surface area (Å²) in [6.07, 6.45) is 0.845. The van der Waals surface area contributed by atoms with Crippen LogP contribution in [0.25, 0.3) is 0 Å². The van der Waals surface area contributed by atoms with Gasteiger partial charge in [0, 0.05) is 23.0 Å². The lowest BCUT2D eigenvalue weighted by atomic mass is 10.1. The molecule has 3 nitrogen and oxygen atoms in total. The van der Waals surface area contributed by atoms with Crippen molar-refractivity contribution in [1.29, 1.82) is 0 Å². The molecule has 2 unspecified atom stereocenters. The first kappa shape index (κ1) is 15.2. The minimum absolute atomic E-state index is 0.0000375. The van der Waals surface area contributed by atoms with Crippen molar-refractivity contribution in [2.75, 3.05) is 13.6 Å². The molecule has 100 valence electrons. The number of benzene rings is 1. The van der Waals surface area contributed by atoms with Crippen LogP contribution in [0, 0.1) is 5.92 Å². The van der Waals surface area contributed by atoms with Crippen molar-refractivity contribution in [3.63, 3.8) is 0 Å². The summed E-state index contributed by atoms with van der Waals surface area (Å²) in [5, 5.41) is 6.05. The third-order valence-corrected chi connectivity index (χ3v) is 3.27. The Bertz CT molecular complexity index is 395. The lowest BCUT2D eigenvalue weighted by Gasteiger charge is -2.17. The maximum absolute atomic E-state index is 11.8. The van der Waals surface area contributed by atoms with Crippen molar-refractivity contribution < 1.29 is 4.79 Å². The Kier molecular flexibility index (Phi) is 6.36. The molecule has 0 aliphatic carbocycles. The molecule has 0 radical (unpaired) electrons. The Hall–Kier alpha value is -0.870. The van der Waals surface area contributed by atoms with Gasteiger partial charge in [0.2, 0.25) is 5.91 Å². The Labute approximate surface area is 117 Å². The Morgan fingerprint density at radius 2 is 2.11 bits per heavy atom. The van der Waals surface area contributed by atoms with E-state index in [2.05, 4.69) is 38.7 Å². The third-order valence-electron chi connectivity index (χ3n) is 2.78. The molecule has 18 heavy (non-hydrogen) atoms. The number of carbonyl (C=O) groups is 1. The van der Waals surface area contributed by atoms with Gasteiger partial charge in [0.25, 0.3) is 0 Å². The van der Waals surface area contributed by atoms with E-state index < -0.39 is 0 Å². The van der Waals surface area contributed by atoms with Crippen LogP contribution in [0.5, 0.6) is 0 Å². The van der Waals surface area contributed by atoms with Gasteiger partial charge in [-0.3, -0.25) is 4.79 Å². The van der Waals surface area contributed by atoms with Gasteiger partial charge >= 0.3 is 0 Å². The number of nitrogens with one attached hydrogen (secondary N) is 2. The van der Waals surface area contributed by atoms with Crippen molar-refractivity contribution in [3.8, 4) is 0 Å². The summed E-state index contributed by atoms with van der Waals surface area (Å²) < 4.78 is 1.07. The van der Waals surface area contributed by atoms with E-state index in [1.54, 1.807) is 0 Å². The zero-order valence-electron chi connectivity index (χ0n) is 11.2. The van der Waals surface area contributed by atoms with E-state index in [4.69, 9.17) is 0 Å². The van der Waals surface area contributed by atoms with Gasteiger partial charge < -0.3 is 10.6 Å². The highest BCUT2D eigenvalue weighted by Gasteiger charge is 2.14. The molecule has 1 aromatic carbocycles. The molecule has 0 fully saturated rings. The second-order valence-electron chi connectivity index (χ2n) is 4.70. The normalized spacial score (nSPS) is 14.0. The fourth-order valence-corrected chi connectivity index (χ4v) is 2.30. The SMILES string of the molecule is CNCC(C)C(=O)NC(C)Cc1cccc(Br)c1. The smallest absolute Gasteiger partial charge is 0.224 e. The summed E-state index contributed by atoms with van der Waals surface area (Å²) in [6.45, 7) is 4.66. The largest absolute Gasteiger partial charge is 0.353 e. The van der Waals surface area contributed by atoms with Gasteiger partial charge in [-0.15, -0.1) is 0 Å². The van der Waals surface area contributed by atoms with Crippen molar-refractivity contribution in [3.05, 3.63) is 34.3 Å². The monoisotopic (exact) mass is 312 g/mol. The number of halogens is 1. The Balaban J connectivity index is 2.46. The lowest BCUT2D eigenvalue weighted by molar-refractivity contribution is -0.124. The summed E-state index contributed by atoms with van der Waals surface area (Å²) >= 11 is 3.45. The average molecular weight is 313 g/mol. The van der Waals surface area contributed by atoms with Crippen LogP contribution >= 0.6 is 15.9 Å². The molecule has 0 bridgehead atoms. The highest BCUT2D eigenvalue weighted by atomic mass is 79.9. The third kappa shape index (κ3) is 5.19. The maximum atomic E-state index is 11.8. The molecule has 2 N–H and O–H groups in total. The molecule has 0 aromatic heterocycles. The van der Waals surface area contributed by atoms with Crippen LogP contribution in [0.2, 0.25) is 0 Å². The van der Waals surface area contributed by atoms with Crippen LogP contribution in [0.1, 0.15) is 19.4 Å². The maximum Gasteiger partial charge on any atom is 0.224 e. The standard InChI is InChI=1S/C14H21BrN2O/c1-10(9-16-3)14(18)17-11(2)7-12-5-4-6-13(15)8-12/h4-6,8,10-11,16H,7,9H2,1-3H3,(H,17,18). The van der Waals surface area contributed by atoms with Crippen LogP contribution in [0.15, 0.2) is 28.7 Å². The minimum atomic E-state index is -0.0000375. The second kappa shape index (κ2) is 7.54. The van der Waals surface area contributed by atoms with Gasteiger partial charge in [-0.1, -0.05) is 35.0 Å². The number of hydrogen-bond donors (Lipinski definition) is 2. The van der Waals surface area contributed by atoms with E-state index in [0.29, 0.717) is 6.54 Å². The molecule has 0 saturated carbocycles. The second-order valence-corrected chi connectivity index (χ2v) is 5.62. The van der Waals surface area contributed by atoms with Crippen LogP contribution in [0.3, 0.4) is 0 Å². The molecule has 1 amide bonds. The van der Waals surface area contributed by atoms with Crippen molar-refractivity contribution in [2.45, 2.75) is 26.3 Å². The molecule has 0 aliphatic heterocycles. The molecular weight excluding hydrogens is 292 g/mol. The number of hydrogen-bond acceptors (Lipinski definition) is 2. The first-order valence-corrected chi connectivity index (χ1v) is 7.01. The summed E-state index contributed by atoms with van der Waals surface area (Å²) in [4.78, 5) is 11.8. The summed E-state index contributed by atoms with van der Waals surface area (Å²) in [5.74, 6) is 0.104. The highest BCUT2D eigenvalue weighted by molar-refractivity contribution is 9.10. The number of amides is 1. The quantitative estimate of drug-likeness (QED) is 0.846. The van der Waals surface area contributed by atoms with Crippen LogP contribution in [0.4, 0.5) is 0 Å². The molecule has 1 aromatic rings. The predicted octanol–water partition coefficient (Wildman–Crippen LogP) is 2.35. The first-order valence-electron chi connectivity index (χ1n) is 6.22.